The maximum Gasteiger partial charge on any atom is 0.224 e. The van der Waals surface area contributed by atoms with Crippen molar-refractivity contribution in [3.8, 4) is 0 Å². The van der Waals surface area contributed by atoms with E-state index in [1.54, 1.807) is 0 Å². The van der Waals surface area contributed by atoms with Crippen molar-refractivity contribution in [3.63, 3.8) is 0 Å². The molecule has 0 bridgehead atoms. The minimum absolute atomic E-state index is 0.771. The largest absolute Gasteiger partial charge is 0.356 e. The van der Waals surface area contributed by atoms with Crippen molar-refractivity contribution in [3.05, 3.63) is 11.8 Å². The molecule has 0 atom stereocenters. The molecule has 4 heteroatoms. The Labute approximate surface area is 103 Å². The van der Waals surface area contributed by atoms with E-state index in [4.69, 9.17) is 0 Å². The predicted molar refractivity (Wildman–Crippen MR) is 71.6 cm³/mol. The predicted octanol–water partition coefficient (Wildman–Crippen LogP) is 2.60. The van der Waals surface area contributed by atoms with Crippen molar-refractivity contribution in [1.82, 2.24) is 9.97 Å². The lowest BCUT2D eigenvalue weighted by Gasteiger charge is -2.28. The van der Waals surface area contributed by atoms with Gasteiger partial charge in [-0.15, -0.1) is 0 Å². The molecule has 1 aromatic rings. The monoisotopic (exact) mass is 234 g/mol. The Hall–Kier alpha value is -1.32. The summed E-state index contributed by atoms with van der Waals surface area (Å²) in [7, 11) is 0. The number of nitrogens with zero attached hydrogens (tertiary/aromatic N) is 3. The molecule has 1 aliphatic heterocycles. The van der Waals surface area contributed by atoms with E-state index in [1.807, 2.05) is 6.92 Å². The van der Waals surface area contributed by atoms with Gasteiger partial charge in [0, 0.05) is 31.4 Å². The summed E-state index contributed by atoms with van der Waals surface area (Å²) in [5.74, 6) is 1.85. The molecule has 1 aliphatic rings. The van der Waals surface area contributed by atoms with Gasteiger partial charge >= 0.3 is 0 Å². The molecule has 1 aromatic heterocycles. The van der Waals surface area contributed by atoms with E-state index in [0.29, 0.717) is 0 Å². The second kappa shape index (κ2) is 5.84. The van der Waals surface area contributed by atoms with Gasteiger partial charge in [-0.05, 0) is 32.6 Å². The summed E-state index contributed by atoms with van der Waals surface area (Å²) < 4.78 is 0. The lowest BCUT2D eigenvalue weighted by Crippen LogP contribution is -2.30. The van der Waals surface area contributed by atoms with Gasteiger partial charge < -0.3 is 10.2 Å². The molecule has 0 unspecified atom stereocenters. The van der Waals surface area contributed by atoms with Gasteiger partial charge in [-0.1, -0.05) is 6.92 Å². The van der Waals surface area contributed by atoms with Crippen LogP contribution in [0.1, 0.15) is 38.3 Å². The number of nitrogens with one attached hydrogen (secondary N) is 1. The van der Waals surface area contributed by atoms with Crippen LogP contribution in [0.5, 0.6) is 0 Å². The molecule has 17 heavy (non-hydrogen) atoms. The van der Waals surface area contributed by atoms with Gasteiger partial charge in [0.2, 0.25) is 5.95 Å². The lowest BCUT2D eigenvalue weighted by atomic mass is 10.1. The molecule has 0 saturated carbocycles. The van der Waals surface area contributed by atoms with Gasteiger partial charge in [-0.2, -0.15) is 4.98 Å². The highest BCUT2D eigenvalue weighted by molar-refractivity contribution is 5.45. The summed E-state index contributed by atoms with van der Waals surface area (Å²) in [4.78, 5) is 11.4. The van der Waals surface area contributed by atoms with Gasteiger partial charge in [0.1, 0.15) is 5.82 Å². The van der Waals surface area contributed by atoms with Crippen LogP contribution in [0.15, 0.2) is 6.07 Å². The molecule has 1 N–H and O–H groups in total. The molecule has 2 heterocycles. The van der Waals surface area contributed by atoms with Gasteiger partial charge in [0.15, 0.2) is 0 Å². The average molecular weight is 234 g/mol. The van der Waals surface area contributed by atoms with Crippen LogP contribution in [0.4, 0.5) is 11.8 Å². The standard InChI is InChI=1S/C13H22N4/c1-3-7-14-13-15-11(2)10-12(16-13)17-8-5-4-6-9-17/h10H,3-9H2,1-2H3,(H,14,15,16). The van der Waals surface area contributed by atoms with E-state index >= 15 is 0 Å². The zero-order chi connectivity index (χ0) is 12.1. The van der Waals surface area contributed by atoms with Crippen LogP contribution in [0.2, 0.25) is 0 Å². The summed E-state index contributed by atoms with van der Waals surface area (Å²) >= 11 is 0. The molecule has 0 amide bonds. The van der Waals surface area contributed by atoms with E-state index in [0.717, 1.165) is 43.5 Å². The minimum Gasteiger partial charge on any atom is -0.356 e. The number of rotatable bonds is 4. The first-order chi connectivity index (χ1) is 8.29. The first-order valence-electron chi connectivity index (χ1n) is 6.64. The molecule has 1 saturated heterocycles. The Morgan fingerprint density at radius 1 is 1.24 bits per heavy atom. The number of aryl methyl sites for hydroxylation is 1. The number of aromatic nitrogens is 2. The van der Waals surface area contributed by atoms with Gasteiger partial charge in [-0.25, -0.2) is 4.98 Å². The topological polar surface area (TPSA) is 41.1 Å². The second-order valence-electron chi connectivity index (χ2n) is 4.67. The van der Waals surface area contributed by atoms with E-state index in [1.165, 1.54) is 19.3 Å². The molecular formula is C13H22N4. The van der Waals surface area contributed by atoms with Crippen LogP contribution in [0, 0.1) is 6.92 Å². The third kappa shape index (κ3) is 3.32. The Morgan fingerprint density at radius 3 is 2.71 bits per heavy atom. The van der Waals surface area contributed by atoms with Crippen LogP contribution in [0.3, 0.4) is 0 Å². The fraction of sp³-hybridized carbons (Fsp3) is 0.692. The van der Waals surface area contributed by atoms with Crippen molar-refractivity contribution >= 4 is 11.8 Å². The highest BCUT2D eigenvalue weighted by Crippen LogP contribution is 2.19. The van der Waals surface area contributed by atoms with Crippen LogP contribution < -0.4 is 10.2 Å². The minimum atomic E-state index is 0.771. The molecule has 0 aromatic carbocycles. The zero-order valence-electron chi connectivity index (χ0n) is 10.9. The first-order valence-corrected chi connectivity index (χ1v) is 6.64. The molecule has 4 nitrogen and oxygen atoms in total. The zero-order valence-corrected chi connectivity index (χ0v) is 10.9. The average Bonchev–Trinajstić information content (AvgIpc) is 2.37. The SMILES string of the molecule is CCCNc1nc(C)cc(N2CCCCC2)n1. The Morgan fingerprint density at radius 2 is 2.00 bits per heavy atom. The third-order valence-corrected chi connectivity index (χ3v) is 3.05. The molecule has 2 rings (SSSR count). The molecular weight excluding hydrogens is 212 g/mol. The van der Waals surface area contributed by atoms with Crippen LogP contribution in [-0.2, 0) is 0 Å². The van der Waals surface area contributed by atoms with Crippen molar-refractivity contribution in [2.75, 3.05) is 29.9 Å². The fourth-order valence-corrected chi connectivity index (χ4v) is 2.15. The fourth-order valence-electron chi connectivity index (χ4n) is 2.15. The van der Waals surface area contributed by atoms with Crippen molar-refractivity contribution in [2.24, 2.45) is 0 Å². The van der Waals surface area contributed by atoms with E-state index in [2.05, 4.69) is 33.2 Å². The number of anilines is 2. The van der Waals surface area contributed by atoms with Gasteiger partial charge in [0.25, 0.3) is 0 Å². The Bertz CT molecular complexity index is 358. The third-order valence-electron chi connectivity index (χ3n) is 3.05. The van der Waals surface area contributed by atoms with Crippen molar-refractivity contribution in [2.45, 2.75) is 39.5 Å². The summed E-state index contributed by atoms with van der Waals surface area (Å²) in [6.07, 6.45) is 5.00. The lowest BCUT2D eigenvalue weighted by molar-refractivity contribution is 0.573. The number of hydrogen-bond acceptors (Lipinski definition) is 4. The maximum atomic E-state index is 4.60. The molecule has 94 valence electrons. The second-order valence-corrected chi connectivity index (χ2v) is 4.67. The van der Waals surface area contributed by atoms with Gasteiger partial charge in [0.05, 0.1) is 0 Å². The van der Waals surface area contributed by atoms with Gasteiger partial charge in [-0.3, -0.25) is 0 Å². The van der Waals surface area contributed by atoms with Crippen molar-refractivity contribution < 1.29 is 0 Å². The summed E-state index contributed by atoms with van der Waals surface area (Å²) in [5.41, 5.74) is 1.04. The van der Waals surface area contributed by atoms with Crippen LogP contribution >= 0.6 is 0 Å². The normalized spacial score (nSPS) is 16.0. The Kier molecular flexibility index (Phi) is 4.18. The number of hydrogen-bond donors (Lipinski definition) is 1. The highest BCUT2D eigenvalue weighted by atomic mass is 15.2. The summed E-state index contributed by atoms with van der Waals surface area (Å²) in [6, 6.07) is 2.09. The first kappa shape index (κ1) is 12.1. The molecule has 0 radical (unpaired) electrons. The van der Waals surface area contributed by atoms with Crippen LogP contribution in [0.25, 0.3) is 0 Å². The van der Waals surface area contributed by atoms with E-state index in [9.17, 15) is 0 Å². The summed E-state index contributed by atoms with van der Waals surface area (Å²) in [5, 5.41) is 3.27. The Balaban J connectivity index is 2.12. The highest BCUT2D eigenvalue weighted by Gasteiger charge is 2.13. The maximum absolute atomic E-state index is 4.60. The summed E-state index contributed by atoms with van der Waals surface area (Å²) in [6.45, 7) is 7.37. The quantitative estimate of drug-likeness (QED) is 0.869. The molecule has 1 fully saturated rings. The van der Waals surface area contributed by atoms with E-state index < -0.39 is 0 Å². The van der Waals surface area contributed by atoms with E-state index in [-0.39, 0.29) is 0 Å². The van der Waals surface area contributed by atoms with Crippen molar-refractivity contribution in [1.29, 1.82) is 0 Å². The molecule has 0 aliphatic carbocycles. The number of piperidine rings is 1. The van der Waals surface area contributed by atoms with Crippen LogP contribution in [-0.4, -0.2) is 29.6 Å². The molecule has 0 spiro atoms. The smallest absolute Gasteiger partial charge is 0.224 e.